The maximum absolute atomic E-state index is 14.7. The molecule has 7 heteroatoms. The first-order valence-corrected chi connectivity index (χ1v) is 12.6. The highest BCUT2D eigenvalue weighted by molar-refractivity contribution is 7.89. The maximum Gasteiger partial charge on any atom is 0.267 e. The molecule has 0 aliphatic heterocycles. The summed E-state index contributed by atoms with van der Waals surface area (Å²) < 4.78 is 45.4. The quantitative estimate of drug-likeness (QED) is 0.757. The van der Waals surface area contributed by atoms with Crippen LogP contribution in [0.5, 0.6) is 5.75 Å². The fourth-order valence-electron chi connectivity index (χ4n) is 6.30. The molecule has 1 aromatic carbocycles. The van der Waals surface area contributed by atoms with Crippen LogP contribution in [0, 0.1) is 35.4 Å². The molecule has 1 amide bonds. The van der Waals surface area contributed by atoms with Gasteiger partial charge in [-0.2, -0.15) is 0 Å². The average molecular weight is 422 g/mol. The Morgan fingerprint density at radius 1 is 1.10 bits per heavy atom. The van der Waals surface area contributed by atoms with Crippen molar-refractivity contribution in [2.24, 2.45) is 29.6 Å². The highest BCUT2D eigenvalue weighted by Gasteiger charge is 2.48. The number of sulfonamides is 1. The SMILES string of the molecule is CS(=O)(=O)NC(=O)c1cc(C2CC2)c(OCC2C3CC4CC(C3)CC2C4)cc1F. The topological polar surface area (TPSA) is 72.5 Å². The predicted octanol–water partition coefficient (Wildman–Crippen LogP) is 3.84. The van der Waals surface area contributed by atoms with Crippen LogP contribution in [0.15, 0.2) is 12.1 Å². The Bertz CT molecular complexity index is 912. The number of nitrogens with one attached hydrogen (secondary N) is 1. The van der Waals surface area contributed by atoms with Crippen molar-refractivity contribution in [3.63, 3.8) is 0 Å². The molecule has 6 rings (SSSR count). The molecule has 1 N–H and O–H groups in total. The number of carbonyl (C=O) groups excluding carboxylic acids is 1. The fourth-order valence-corrected chi connectivity index (χ4v) is 6.75. The summed E-state index contributed by atoms with van der Waals surface area (Å²) in [5.41, 5.74) is 0.591. The summed E-state index contributed by atoms with van der Waals surface area (Å²) in [7, 11) is -3.75. The van der Waals surface area contributed by atoms with E-state index in [0.717, 1.165) is 48.3 Å². The first kappa shape index (κ1) is 19.3. The summed E-state index contributed by atoms with van der Waals surface area (Å²) in [5, 5.41) is 0. The first-order chi connectivity index (χ1) is 13.8. The number of amides is 1. The fraction of sp³-hybridized carbons (Fsp3) is 0.682. The van der Waals surface area contributed by atoms with Gasteiger partial charge in [-0.3, -0.25) is 4.79 Å². The van der Waals surface area contributed by atoms with E-state index in [1.54, 1.807) is 0 Å². The largest absolute Gasteiger partial charge is 0.493 e. The van der Waals surface area contributed by atoms with Crippen molar-refractivity contribution in [1.82, 2.24) is 4.72 Å². The lowest BCUT2D eigenvalue weighted by Crippen LogP contribution is -2.47. The van der Waals surface area contributed by atoms with Crippen LogP contribution in [0.2, 0.25) is 0 Å². The Kier molecular flexibility index (Phi) is 4.64. The van der Waals surface area contributed by atoms with Gasteiger partial charge >= 0.3 is 0 Å². The molecule has 0 radical (unpaired) electrons. The van der Waals surface area contributed by atoms with Crippen molar-refractivity contribution in [1.29, 1.82) is 0 Å². The highest BCUT2D eigenvalue weighted by Crippen LogP contribution is 2.56. The number of carbonyl (C=O) groups is 1. The summed E-state index contributed by atoms with van der Waals surface area (Å²) in [4.78, 5) is 12.2. The molecule has 158 valence electrons. The van der Waals surface area contributed by atoms with Gasteiger partial charge in [-0.1, -0.05) is 0 Å². The first-order valence-electron chi connectivity index (χ1n) is 10.7. The van der Waals surface area contributed by atoms with Gasteiger partial charge in [0.05, 0.1) is 18.4 Å². The van der Waals surface area contributed by atoms with Gasteiger partial charge in [0, 0.05) is 6.07 Å². The zero-order chi connectivity index (χ0) is 20.3. The zero-order valence-electron chi connectivity index (χ0n) is 16.7. The number of hydrogen-bond donors (Lipinski definition) is 1. The monoisotopic (exact) mass is 421 g/mol. The summed E-state index contributed by atoms with van der Waals surface area (Å²) >= 11 is 0. The average Bonchev–Trinajstić information content (AvgIpc) is 3.44. The van der Waals surface area contributed by atoms with Crippen LogP contribution in [0.1, 0.15) is 66.8 Å². The summed E-state index contributed by atoms with van der Waals surface area (Å²) in [6.45, 7) is 0.614. The van der Waals surface area contributed by atoms with Crippen molar-refractivity contribution in [2.75, 3.05) is 12.9 Å². The van der Waals surface area contributed by atoms with Crippen LogP contribution in [0.4, 0.5) is 4.39 Å². The number of hydrogen-bond acceptors (Lipinski definition) is 4. The minimum Gasteiger partial charge on any atom is -0.493 e. The van der Waals surface area contributed by atoms with E-state index in [0.29, 0.717) is 18.3 Å². The van der Waals surface area contributed by atoms with Gasteiger partial charge < -0.3 is 4.74 Å². The third-order valence-corrected chi connectivity index (χ3v) is 8.05. The van der Waals surface area contributed by atoms with E-state index in [1.165, 1.54) is 44.2 Å². The Morgan fingerprint density at radius 2 is 1.72 bits per heavy atom. The molecule has 0 spiro atoms. The lowest BCUT2D eigenvalue weighted by Gasteiger charge is -2.54. The van der Waals surface area contributed by atoms with Crippen molar-refractivity contribution in [3.05, 3.63) is 29.1 Å². The smallest absolute Gasteiger partial charge is 0.267 e. The third-order valence-electron chi connectivity index (χ3n) is 7.49. The molecule has 0 atom stereocenters. The molecule has 29 heavy (non-hydrogen) atoms. The molecule has 0 saturated heterocycles. The molecule has 1 aromatic rings. The number of halogens is 1. The van der Waals surface area contributed by atoms with Crippen LogP contribution < -0.4 is 9.46 Å². The molecule has 5 nitrogen and oxygen atoms in total. The molecular weight excluding hydrogens is 393 g/mol. The van der Waals surface area contributed by atoms with Crippen molar-refractivity contribution >= 4 is 15.9 Å². The van der Waals surface area contributed by atoms with E-state index in [2.05, 4.69) is 0 Å². The van der Waals surface area contributed by atoms with Crippen LogP contribution >= 0.6 is 0 Å². The summed E-state index contributed by atoms with van der Waals surface area (Å²) in [6, 6.07) is 2.76. The molecule has 5 aliphatic carbocycles. The molecule has 0 unspecified atom stereocenters. The van der Waals surface area contributed by atoms with Crippen molar-refractivity contribution < 1.29 is 22.3 Å². The van der Waals surface area contributed by atoms with E-state index < -0.39 is 21.7 Å². The van der Waals surface area contributed by atoms with Gasteiger partial charge in [0.2, 0.25) is 10.0 Å². The highest BCUT2D eigenvalue weighted by atomic mass is 32.2. The zero-order valence-corrected chi connectivity index (χ0v) is 17.5. The van der Waals surface area contributed by atoms with Crippen LogP contribution in [-0.2, 0) is 10.0 Å². The van der Waals surface area contributed by atoms with Crippen molar-refractivity contribution in [2.45, 2.75) is 50.9 Å². The normalized spacial score (nSPS) is 33.0. The molecular formula is C22H28FNO4S. The number of rotatable bonds is 6. The standard InChI is InChI=1S/C22H28FNO4S/c1-29(26,27)24-22(25)18-9-17(14-2-3-14)21(10-20(18)23)28-11-19-15-5-12-4-13(7-15)8-16(19)6-12/h9-10,12-16,19H,2-8,11H2,1H3,(H,24,25). The van der Waals surface area contributed by atoms with E-state index in [-0.39, 0.29) is 11.5 Å². The van der Waals surface area contributed by atoms with E-state index >= 15 is 0 Å². The Morgan fingerprint density at radius 3 is 2.28 bits per heavy atom. The van der Waals surface area contributed by atoms with E-state index in [4.69, 9.17) is 4.74 Å². The molecule has 5 saturated carbocycles. The Labute approximate surface area is 171 Å². The van der Waals surface area contributed by atoms with Crippen molar-refractivity contribution in [3.8, 4) is 5.75 Å². The molecule has 0 heterocycles. The molecule has 4 bridgehead atoms. The summed E-state index contributed by atoms with van der Waals surface area (Å²) in [6.07, 6.45) is 9.51. The summed E-state index contributed by atoms with van der Waals surface area (Å²) in [5.74, 6) is 2.94. The lowest BCUT2D eigenvalue weighted by atomic mass is 9.52. The Balaban J connectivity index is 1.35. The minimum absolute atomic E-state index is 0.237. The van der Waals surface area contributed by atoms with Gasteiger partial charge in [0.25, 0.3) is 5.91 Å². The lowest BCUT2D eigenvalue weighted by molar-refractivity contribution is -0.0530. The number of benzene rings is 1. The van der Waals surface area contributed by atoms with Crippen LogP contribution in [-0.4, -0.2) is 27.2 Å². The van der Waals surface area contributed by atoms with Gasteiger partial charge in [-0.15, -0.1) is 0 Å². The van der Waals surface area contributed by atoms with Crippen LogP contribution in [0.25, 0.3) is 0 Å². The molecule has 5 aliphatic rings. The van der Waals surface area contributed by atoms with E-state index in [1.807, 2.05) is 4.72 Å². The minimum atomic E-state index is -3.75. The predicted molar refractivity (Wildman–Crippen MR) is 107 cm³/mol. The third kappa shape index (κ3) is 3.90. The number of ether oxygens (including phenoxy) is 1. The van der Waals surface area contributed by atoms with Gasteiger partial charge in [-0.05, 0) is 92.1 Å². The molecule has 5 fully saturated rings. The second-order valence-corrected chi connectivity index (χ2v) is 11.5. The Hall–Kier alpha value is -1.63. The van der Waals surface area contributed by atoms with Gasteiger partial charge in [0.1, 0.15) is 11.6 Å². The maximum atomic E-state index is 14.7. The van der Waals surface area contributed by atoms with Gasteiger partial charge in [0.15, 0.2) is 0 Å². The van der Waals surface area contributed by atoms with Gasteiger partial charge in [-0.25, -0.2) is 17.5 Å². The second-order valence-electron chi connectivity index (χ2n) is 9.75. The van der Waals surface area contributed by atoms with E-state index in [9.17, 15) is 17.6 Å². The van der Waals surface area contributed by atoms with Crippen LogP contribution in [0.3, 0.4) is 0 Å². The second kappa shape index (κ2) is 6.96. The molecule has 0 aromatic heterocycles.